The molecule has 3 rings (SSSR count). The molecule has 2 heterocycles. The number of rotatable bonds is 3. The monoisotopic (exact) mass is 262 g/mol. The normalized spacial score (nSPS) is 11.1. The van der Waals surface area contributed by atoms with Gasteiger partial charge in [-0.1, -0.05) is 0 Å². The highest BCUT2D eigenvalue weighted by Crippen LogP contribution is 2.31. The molecule has 0 saturated carbocycles. The van der Waals surface area contributed by atoms with Crippen molar-refractivity contribution in [3.05, 3.63) is 46.8 Å². The minimum Gasteiger partial charge on any atom is -0.468 e. The van der Waals surface area contributed by atoms with Gasteiger partial charge in [0, 0.05) is 16.6 Å². The molecule has 0 amide bonds. The first-order chi connectivity index (χ1) is 8.72. The van der Waals surface area contributed by atoms with E-state index in [1.54, 1.807) is 24.1 Å². The lowest BCUT2D eigenvalue weighted by Crippen LogP contribution is -1.93. The smallest absolute Gasteiger partial charge is 0.417 e. The zero-order valence-electron chi connectivity index (χ0n) is 9.30. The average molecular weight is 262 g/mol. The maximum atomic E-state index is 11.1. The minimum atomic E-state index is -0.474. The van der Waals surface area contributed by atoms with Crippen LogP contribution in [-0.2, 0) is 5.75 Å². The third-order valence-electron chi connectivity index (χ3n) is 2.50. The van der Waals surface area contributed by atoms with Crippen LogP contribution in [0.2, 0.25) is 0 Å². The van der Waals surface area contributed by atoms with E-state index in [2.05, 4.69) is 4.98 Å². The number of thioether (sulfide) groups is 1. The zero-order valence-corrected chi connectivity index (χ0v) is 10.1. The number of oxazole rings is 1. The summed E-state index contributed by atoms with van der Waals surface area (Å²) in [6.45, 7) is 0. The quantitative estimate of drug-likeness (QED) is 0.559. The Bertz CT molecular complexity index is 727. The molecule has 92 valence electrons. The molecule has 0 bridgehead atoms. The molecule has 0 spiro atoms. The van der Waals surface area contributed by atoms with Crippen LogP contribution in [0.25, 0.3) is 11.1 Å². The van der Waals surface area contributed by atoms with Gasteiger partial charge in [0.2, 0.25) is 0 Å². The molecule has 0 aliphatic carbocycles. The Labute approximate surface area is 106 Å². The van der Waals surface area contributed by atoms with E-state index in [9.17, 15) is 4.79 Å². The van der Waals surface area contributed by atoms with E-state index >= 15 is 0 Å². The summed E-state index contributed by atoms with van der Waals surface area (Å²) in [5.74, 6) is 1.09. The van der Waals surface area contributed by atoms with Crippen LogP contribution in [0.5, 0.6) is 0 Å². The summed E-state index contributed by atoms with van der Waals surface area (Å²) < 4.78 is 10.2. The van der Waals surface area contributed by atoms with E-state index in [0.717, 1.165) is 10.7 Å². The van der Waals surface area contributed by atoms with Crippen LogP contribution < -0.4 is 11.5 Å². The summed E-state index contributed by atoms with van der Waals surface area (Å²) in [6.07, 6.45) is 1.63. The predicted octanol–water partition coefficient (Wildman–Crippen LogP) is 2.59. The van der Waals surface area contributed by atoms with E-state index in [1.807, 2.05) is 18.2 Å². The van der Waals surface area contributed by atoms with E-state index in [0.29, 0.717) is 22.5 Å². The molecule has 2 aromatic heterocycles. The van der Waals surface area contributed by atoms with Crippen LogP contribution in [0.1, 0.15) is 5.76 Å². The van der Waals surface area contributed by atoms with Crippen molar-refractivity contribution in [1.82, 2.24) is 4.98 Å². The van der Waals surface area contributed by atoms with Crippen LogP contribution in [-0.4, -0.2) is 4.98 Å². The summed E-state index contributed by atoms with van der Waals surface area (Å²) in [5.41, 5.74) is 7.61. The molecule has 0 unspecified atom stereocenters. The topological polar surface area (TPSA) is 85.2 Å². The van der Waals surface area contributed by atoms with Gasteiger partial charge in [-0.05, 0) is 18.2 Å². The van der Waals surface area contributed by atoms with E-state index in [4.69, 9.17) is 14.6 Å². The van der Waals surface area contributed by atoms with Gasteiger partial charge in [0.25, 0.3) is 0 Å². The summed E-state index contributed by atoms with van der Waals surface area (Å²) in [4.78, 5) is 14.6. The summed E-state index contributed by atoms with van der Waals surface area (Å²) in [7, 11) is 0. The van der Waals surface area contributed by atoms with Crippen LogP contribution in [0.15, 0.2) is 49.1 Å². The number of aromatic nitrogens is 1. The zero-order chi connectivity index (χ0) is 12.5. The molecule has 0 fully saturated rings. The van der Waals surface area contributed by atoms with Gasteiger partial charge in [0.05, 0.1) is 17.5 Å². The lowest BCUT2D eigenvalue weighted by molar-refractivity contribution is 0.530. The molecule has 18 heavy (non-hydrogen) atoms. The number of hydrogen-bond acceptors (Lipinski definition) is 5. The second-order valence-electron chi connectivity index (χ2n) is 3.77. The summed E-state index contributed by atoms with van der Waals surface area (Å²) in [5, 5.41) is 0. The Hall–Kier alpha value is -2.08. The van der Waals surface area contributed by atoms with E-state index in [1.165, 1.54) is 0 Å². The molecule has 3 N–H and O–H groups in total. The van der Waals surface area contributed by atoms with Crippen molar-refractivity contribution in [2.24, 2.45) is 0 Å². The first kappa shape index (κ1) is 11.0. The van der Waals surface area contributed by atoms with Crippen LogP contribution in [0.4, 0.5) is 5.69 Å². The van der Waals surface area contributed by atoms with Gasteiger partial charge in [0.1, 0.15) is 5.76 Å². The van der Waals surface area contributed by atoms with Gasteiger partial charge < -0.3 is 14.6 Å². The maximum absolute atomic E-state index is 11.1. The molecular weight excluding hydrogens is 252 g/mol. The standard InChI is InChI=1S/C12H10N2O3S/c13-8-4-10-9(14-12(15)17-10)5-11(8)18-6-7-2-1-3-16-7/h1-5H,6,13H2,(H,14,15). The van der Waals surface area contributed by atoms with Gasteiger partial charge in [-0.3, -0.25) is 4.98 Å². The Morgan fingerprint density at radius 3 is 3.06 bits per heavy atom. The SMILES string of the molecule is Nc1cc2oc(=O)[nH]c2cc1SCc1ccco1. The van der Waals surface area contributed by atoms with Gasteiger partial charge in [0.15, 0.2) is 5.58 Å². The van der Waals surface area contributed by atoms with Crippen molar-refractivity contribution in [3.63, 3.8) is 0 Å². The van der Waals surface area contributed by atoms with Crippen molar-refractivity contribution >= 4 is 28.5 Å². The van der Waals surface area contributed by atoms with Gasteiger partial charge >= 0.3 is 5.76 Å². The van der Waals surface area contributed by atoms with Crippen LogP contribution in [0.3, 0.4) is 0 Å². The first-order valence-corrected chi connectivity index (χ1v) is 6.28. The molecule has 0 aliphatic heterocycles. The minimum absolute atomic E-state index is 0.472. The van der Waals surface area contributed by atoms with Crippen LogP contribution in [0, 0.1) is 0 Å². The van der Waals surface area contributed by atoms with Crippen molar-refractivity contribution in [3.8, 4) is 0 Å². The number of fused-ring (bicyclic) bond motifs is 1. The number of benzene rings is 1. The highest BCUT2D eigenvalue weighted by atomic mass is 32.2. The van der Waals surface area contributed by atoms with Crippen LogP contribution >= 0.6 is 11.8 Å². The summed E-state index contributed by atoms with van der Waals surface area (Å²) in [6, 6.07) is 7.21. The first-order valence-electron chi connectivity index (χ1n) is 5.30. The highest BCUT2D eigenvalue weighted by Gasteiger charge is 2.08. The molecular formula is C12H10N2O3S. The molecule has 5 nitrogen and oxygen atoms in total. The lowest BCUT2D eigenvalue weighted by Gasteiger charge is -2.03. The lowest BCUT2D eigenvalue weighted by atomic mass is 10.3. The molecule has 0 aliphatic rings. The van der Waals surface area contributed by atoms with Gasteiger partial charge in [-0.25, -0.2) is 4.79 Å². The molecule has 6 heteroatoms. The fourth-order valence-corrected chi connectivity index (χ4v) is 2.55. The van der Waals surface area contributed by atoms with E-state index in [-0.39, 0.29) is 0 Å². The third kappa shape index (κ3) is 2.02. The number of hydrogen-bond donors (Lipinski definition) is 2. The molecule has 1 aromatic carbocycles. The number of furan rings is 1. The summed E-state index contributed by atoms with van der Waals surface area (Å²) >= 11 is 1.55. The molecule has 0 saturated heterocycles. The number of anilines is 1. The number of nitrogen functional groups attached to an aromatic ring is 1. The third-order valence-corrected chi connectivity index (χ3v) is 3.59. The van der Waals surface area contributed by atoms with E-state index < -0.39 is 5.76 Å². The van der Waals surface area contributed by atoms with Crippen molar-refractivity contribution in [2.45, 2.75) is 10.6 Å². The molecule has 0 radical (unpaired) electrons. The predicted molar refractivity (Wildman–Crippen MR) is 69.5 cm³/mol. The Balaban J connectivity index is 1.91. The average Bonchev–Trinajstić information content (AvgIpc) is 2.94. The number of nitrogens with two attached hydrogens (primary N) is 1. The maximum Gasteiger partial charge on any atom is 0.417 e. The van der Waals surface area contributed by atoms with Gasteiger partial charge in [-0.15, -0.1) is 11.8 Å². The Morgan fingerprint density at radius 2 is 2.28 bits per heavy atom. The largest absolute Gasteiger partial charge is 0.468 e. The van der Waals surface area contributed by atoms with Crippen molar-refractivity contribution in [1.29, 1.82) is 0 Å². The Kier molecular flexibility index (Phi) is 2.64. The fraction of sp³-hybridized carbons (Fsp3) is 0.0833. The number of aromatic amines is 1. The number of nitrogens with one attached hydrogen (secondary N) is 1. The number of H-pyrrole nitrogens is 1. The fourth-order valence-electron chi connectivity index (χ4n) is 1.66. The molecule has 3 aromatic rings. The van der Waals surface area contributed by atoms with Crippen molar-refractivity contribution < 1.29 is 8.83 Å². The van der Waals surface area contributed by atoms with Gasteiger partial charge in [-0.2, -0.15) is 0 Å². The molecule has 0 atom stereocenters. The second-order valence-corrected chi connectivity index (χ2v) is 4.79. The van der Waals surface area contributed by atoms with Crippen molar-refractivity contribution in [2.75, 3.05) is 5.73 Å². The second kappa shape index (κ2) is 4.30. The highest BCUT2D eigenvalue weighted by molar-refractivity contribution is 7.98. The Morgan fingerprint density at radius 1 is 1.39 bits per heavy atom.